The minimum absolute atomic E-state index is 0.171. The van der Waals surface area contributed by atoms with Crippen molar-refractivity contribution in [1.29, 1.82) is 0 Å². The highest BCUT2D eigenvalue weighted by Crippen LogP contribution is 2.17. The van der Waals surface area contributed by atoms with E-state index in [1.54, 1.807) is 6.08 Å². The number of nitrogens with one attached hydrogen (secondary N) is 2. The van der Waals surface area contributed by atoms with Crippen LogP contribution in [-0.4, -0.2) is 29.4 Å². The first-order valence-corrected chi connectivity index (χ1v) is 6.61. The largest absolute Gasteiger partial charge is 0.343 e. The zero-order chi connectivity index (χ0) is 14.7. The molecule has 2 N–H and O–H groups in total. The highest BCUT2D eigenvalue weighted by atomic mass is 79.9. The predicted molar refractivity (Wildman–Crippen MR) is 76.3 cm³/mol. The monoisotopic (exact) mass is 337 g/mol. The van der Waals surface area contributed by atoms with Gasteiger partial charge in [-0.25, -0.2) is 9.80 Å². The lowest BCUT2D eigenvalue weighted by molar-refractivity contribution is -0.121. The van der Waals surface area contributed by atoms with Gasteiger partial charge in [-0.2, -0.15) is 0 Å². The second-order valence-corrected chi connectivity index (χ2v) is 5.11. The molecule has 1 aromatic rings. The molecule has 1 aliphatic heterocycles. The topological polar surface area (TPSA) is 78.5 Å². The van der Waals surface area contributed by atoms with Gasteiger partial charge in [-0.3, -0.25) is 20.3 Å². The van der Waals surface area contributed by atoms with Gasteiger partial charge < -0.3 is 0 Å². The first kappa shape index (κ1) is 14.3. The van der Waals surface area contributed by atoms with Crippen molar-refractivity contribution in [2.75, 3.05) is 6.54 Å². The average Bonchev–Trinajstić information content (AvgIpc) is 2.69. The van der Waals surface area contributed by atoms with Gasteiger partial charge in [0.2, 0.25) is 5.91 Å². The summed E-state index contributed by atoms with van der Waals surface area (Å²) >= 11 is 3.39. The molecule has 0 spiro atoms. The fourth-order valence-corrected chi connectivity index (χ4v) is 1.89. The van der Waals surface area contributed by atoms with Gasteiger partial charge in [0.15, 0.2) is 0 Å². The Morgan fingerprint density at radius 1 is 1.45 bits per heavy atom. The molecule has 0 saturated carbocycles. The second kappa shape index (κ2) is 5.87. The van der Waals surface area contributed by atoms with Crippen molar-refractivity contribution in [1.82, 2.24) is 15.8 Å². The summed E-state index contributed by atoms with van der Waals surface area (Å²) < 4.78 is 0.992. The quantitative estimate of drug-likeness (QED) is 0.645. The maximum absolute atomic E-state index is 11.6. The Bertz CT molecular complexity index is 613. The third-order valence-electron chi connectivity index (χ3n) is 2.65. The van der Waals surface area contributed by atoms with Gasteiger partial charge in [0, 0.05) is 10.5 Å². The summed E-state index contributed by atoms with van der Waals surface area (Å²) in [6.45, 7) is 1.78. The molecule has 104 valence electrons. The molecular formula is C13H12BrN3O3. The molecule has 0 atom stereocenters. The van der Waals surface area contributed by atoms with Crippen LogP contribution in [0.15, 0.2) is 28.7 Å². The summed E-state index contributed by atoms with van der Waals surface area (Å²) in [4.78, 5) is 33.8. The number of carbonyl (C=O) groups excluding carboxylic acids is 3. The van der Waals surface area contributed by atoms with Crippen LogP contribution in [-0.2, 0) is 9.59 Å². The molecule has 4 amide bonds. The van der Waals surface area contributed by atoms with Crippen molar-refractivity contribution in [3.63, 3.8) is 0 Å². The highest BCUT2D eigenvalue weighted by Gasteiger charge is 2.27. The van der Waals surface area contributed by atoms with Crippen molar-refractivity contribution in [2.24, 2.45) is 0 Å². The first-order valence-electron chi connectivity index (χ1n) is 5.82. The first-order chi connectivity index (χ1) is 9.45. The molecule has 0 radical (unpaired) electrons. The molecular weight excluding hydrogens is 326 g/mol. The third-order valence-corrected chi connectivity index (χ3v) is 3.54. The van der Waals surface area contributed by atoms with E-state index < -0.39 is 17.8 Å². The van der Waals surface area contributed by atoms with Gasteiger partial charge in [-0.05, 0) is 30.2 Å². The normalized spacial score (nSPS) is 14.8. The van der Waals surface area contributed by atoms with Crippen molar-refractivity contribution >= 4 is 39.9 Å². The van der Waals surface area contributed by atoms with E-state index in [-0.39, 0.29) is 6.54 Å². The minimum atomic E-state index is -0.628. The Morgan fingerprint density at radius 3 is 2.80 bits per heavy atom. The minimum Gasteiger partial charge on any atom is -0.275 e. The number of imide groups is 1. The number of nitrogens with zero attached hydrogens (tertiary/aromatic N) is 1. The van der Waals surface area contributed by atoms with Crippen molar-refractivity contribution in [3.05, 3.63) is 39.9 Å². The van der Waals surface area contributed by atoms with Gasteiger partial charge in [0.1, 0.15) is 6.54 Å². The summed E-state index contributed by atoms with van der Waals surface area (Å²) in [5.41, 5.74) is 4.24. The standard InChI is InChI=1S/C13H12BrN3O3/c1-8-6-9(2-4-10(8)14)3-5-11(18)16-17-7-12(19)15-13(17)20/h2-6H,7H2,1H3,(H,16,18)(H,15,19,20)/b5-3+. The molecule has 0 aliphatic carbocycles. The summed E-state index contributed by atoms with van der Waals surface area (Å²) in [5.74, 6) is -0.918. The third kappa shape index (κ3) is 3.45. The number of benzene rings is 1. The predicted octanol–water partition coefficient (Wildman–Crippen LogP) is 1.35. The van der Waals surface area contributed by atoms with Crippen molar-refractivity contribution in [2.45, 2.75) is 6.92 Å². The lowest BCUT2D eigenvalue weighted by atomic mass is 10.1. The molecule has 6 nitrogen and oxygen atoms in total. The lowest BCUT2D eigenvalue weighted by Crippen LogP contribution is -2.43. The maximum Gasteiger partial charge on any atom is 0.343 e. The van der Waals surface area contributed by atoms with E-state index in [2.05, 4.69) is 26.7 Å². The molecule has 1 aromatic carbocycles. The molecule has 1 heterocycles. The van der Waals surface area contributed by atoms with Crippen LogP contribution in [0.5, 0.6) is 0 Å². The number of urea groups is 1. The van der Waals surface area contributed by atoms with Crippen LogP contribution in [0, 0.1) is 6.92 Å². The summed E-state index contributed by atoms with van der Waals surface area (Å²) in [7, 11) is 0. The molecule has 0 unspecified atom stereocenters. The number of carbonyl (C=O) groups is 3. The zero-order valence-electron chi connectivity index (χ0n) is 10.6. The van der Waals surface area contributed by atoms with E-state index in [4.69, 9.17) is 0 Å². The molecule has 7 heteroatoms. The molecule has 20 heavy (non-hydrogen) atoms. The fraction of sp³-hybridized carbons (Fsp3) is 0.154. The summed E-state index contributed by atoms with van der Waals surface area (Å²) in [5, 5.41) is 3.00. The molecule has 1 saturated heterocycles. The summed E-state index contributed by atoms with van der Waals surface area (Å²) in [6.07, 6.45) is 2.93. The van der Waals surface area contributed by atoms with E-state index in [9.17, 15) is 14.4 Å². The number of hydrogen-bond donors (Lipinski definition) is 2. The molecule has 1 fully saturated rings. The Hall–Kier alpha value is -2.15. The molecule has 0 aromatic heterocycles. The number of hydrazine groups is 1. The fourth-order valence-electron chi connectivity index (χ4n) is 1.65. The molecule has 2 rings (SSSR count). The van der Waals surface area contributed by atoms with Crippen LogP contribution in [0.3, 0.4) is 0 Å². The Kier molecular flexibility index (Phi) is 4.19. The second-order valence-electron chi connectivity index (χ2n) is 4.26. The maximum atomic E-state index is 11.6. The lowest BCUT2D eigenvalue weighted by Gasteiger charge is -2.12. The van der Waals surface area contributed by atoms with Crippen molar-refractivity contribution < 1.29 is 14.4 Å². The van der Waals surface area contributed by atoms with Gasteiger partial charge in [-0.1, -0.05) is 28.1 Å². The van der Waals surface area contributed by atoms with Gasteiger partial charge in [0.05, 0.1) is 0 Å². The Morgan fingerprint density at radius 2 is 2.20 bits per heavy atom. The van der Waals surface area contributed by atoms with E-state index in [0.29, 0.717) is 0 Å². The zero-order valence-corrected chi connectivity index (χ0v) is 12.2. The number of aryl methyl sites for hydroxylation is 1. The number of rotatable bonds is 3. The SMILES string of the molecule is Cc1cc(/C=C/C(=O)NN2CC(=O)NC2=O)ccc1Br. The van der Waals surface area contributed by atoms with E-state index >= 15 is 0 Å². The van der Waals surface area contributed by atoms with Gasteiger partial charge >= 0.3 is 6.03 Å². The van der Waals surface area contributed by atoms with Gasteiger partial charge in [-0.15, -0.1) is 0 Å². The Labute approximate surface area is 123 Å². The number of hydrogen-bond acceptors (Lipinski definition) is 3. The van der Waals surface area contributed by atoms with Crippen LogP contribution in [0.4, 0.5) is 4.79 Å². The van der Waals surface area contributed by atoms with E-state index in [0.717, 1.165) is 20.6 Å². The Balaban J connectivity index is 1.97. The average molecular weight is 338 g/mol. The van der Waals surface area contributed by atoms with Crippen LogP contribution in [0.25, 0.3) is 6.08 Å². The molecule has 0 bridgehead atoms. The van der Waals surface area contributed by atoms with Crippen LogP contribution < -0.4 is 10.7 Å². The van der Waals surface area contributed by atoms with Crippen LogP contribution >= 0.6 is 15.9 Å². The van der Waals surface area contributed by atoms with E-state index in [1.165, 1.54) is 6.08 Å². The van der Waals surface area contributed by atoms with Crippen molar-refractivity contribution in [3.8, 4) is 0 Å². The summed E-state index contributed by atoms with van der Waals surface area (Å²) in [6, 6.07) is 5.03. The van der Waals surface area contributed by atoms with E-state index in [1.807, 2.05) is 25.1 Å². The van der Waals surface area contributed by atoms with Crippen LogP contribution in [0.2, 0.25) is 0 Å². The smallest absolute Gasteiger partial charge is 0.275 e. The highest BCUT2D eigenvalue weighted by molar-refractivity contribution is 9.10. The number of halogens is 1. The van der Waals surface area contributed by atoms with Gasteiger partial charge in [0.25, 0.3) is 5.91 Å². The molecule has 1 aliphatic rings. The van der Waals surface area contributed by atoms with Crippen LogP contribution in [0.1, 0.15) is 11.1 Å². The number of amides is 4.